The van der Waals surface area contributed by atoms with Crippen LogP contribution in [0.1, 0.15) is 62.8 Å². The summed E-state index contributed by atoms with van der Waals surface area (Å²) in [5.74, 6) is -0.161. The topological polar surface area (TPSA) is 49.4 Å². The molecule has 1 aromatic rings. The maximum atomic E-state index is 13.3. The second-order valence-electron chi connectivity index (χ2n) is 7.16. The molecule has 0 aromatic heterocycles. The molecule has 4 rings (SSSR count). The summed E-state index contributed by atoms with van der Waals surface area (Å²) < 4.78 is 0. The van der Waals surface area contributed by atoms with Crippen LogP contribution in [0.5, 0.6) is 0 Å². The Morgan fingerprint density at radius 2 is 1.70 bits per heavy atom. The maximum Gasteiger partial charge on any atom is 0.231 e. The summed E-state index contributed by atoms with van der Waals surface area (Å²) in [5.41, 5.74) is 1.79. The fourth-order valence-corrected chi connectivity index (χ4v) is 4.18. The van der Waals surface area contributed by atoms with Gasteiger partial charge in [0.25, 0.3) is 0 Å². The summed E-state index contributed by atoms with van der Waals surface area (Å²) in [7, 11) is 0. The van der Waals surface area contributed by atoms with Crippen molar-refractivity contribution in [1.29, 1.82) is 0 Å². The van der Waals surface area contributed by atoms with E-state index in [-0.39, 0.29) is 24.2 Å². The van der Waals surface area contributed by atoms with E-state index in [4.69, 9.17) is 0 Å². The third kappa shape index (κ3) is 2.87. The Balaban J connectivity index is 1.63. The van der Waals surface area contributed by atoms with Gasteiger partial charge in [-0.15, -0.1) is 0 Å². The zero-order chi connectivity index (χ0) is 15.8. The van der Waals surface area contributed by atoms with E-state index in [1.807, 2.05) is 24.3 Å². The van der Waals surface area contributed by atoms with E-state index in [1.165, 1.54) is 19.3 Å². The van der Waals surface area contributed by atoms with Crippen LogP contribution in [0.4, 0.5) is 5.69 Å². The van der Waals surface area contributed by atoms with Crippen LogP contribution < -0.4 is 5.32 Å². The second kappa shape index (κ2) is 5.99. The van der Waals surface area contributed by atoms with E-state index >= 15 is 0 Å². The van der Waals surface area contributed by atoms with E-state index in [0.29, 0.717) is 12.1 Å². The Bertz CT molecular complexity index is 618. The molecule has 1 unspecified atom stereocenters. The first-order valence-corrected chi connectivity index (χ1v) is 8.95. The Kier molecular flexibility index (Phi) is 3.83. The molecule has 23 heavy (non-hydrogen) atoms. The van der Waals surface area contributed by atoms with E-state index in [0.717, 1.165) is 36.9 Å². The number of benzene rings is 1. The number of rotatable bonds is 3. The molecule has 0 spiro atoms. The number of nitrogens with zero attached hydrogens (tertiary/aromatic N) is 1. The quantitative estimate of drug-likeness (QED) is 0.929. The molecule has 1 aromatic carbocycles. The van der Waals surface area contributed by atoms with Crippen molar-refractivity contribution in [3.63, 3.8) is 0 Å². The summed E-state index contributed by atoms with van der Waals surface area (Å²) in [4.78, 5) is 27.5. The average Bonchev–Trinajstić information content (AvgIpc) is 3.40. The van der Waals surface area contributed by atoms with Gasteiger partial charge in [0.05, 0.1) is 5.92 Å². The minimum atomic E-state index is -0.303. The van der Waals surface area contributed by atoms with Crippen molar-refractivity contribution in [3.05, 3.63) is 29.8 Å². The van der Waals surface area contributed by atoms with Gasteiger partial charge in [0.15, 0.2) is 0 Å². The van der Waals surface area contributed by atoms with Gasteiger partial charge in [-0.3, -0.25) is 9.59 Å². The Labute approximate surface area is 137 Å². The van der Waals surface area contributed by atoms with Crippen LogP contribution in [-0.4, -0.2) is 28.8 Å². The molecule has 2 amide bonds. The van der Waals surface area contributed by atoms with Crippen molar-refractivity contribution in [2.24, 2.45) is 0 Å². The number of anilines is 1. The SMILES string of the molecule is O=C1CC(C(=O)N(C2CCCCC2)C2CC2)c2ccccc2N1. The average molecular weight is 312 g/mol. The Hall–Kier alpha value is -1.84. The van der Waals surface area contributed by atoms with Gasteiger partial charge in [-0.25, -0.2) is 0 Å². The summed E-state index contributed by atoms with van der Waals surface area (Å²) in [6.07, 6.45) is 8.53. The van der Waals surface area contributed by atoms with Gasteiger partial charge >= 0.3 is 0 Å². The summed E-state index contributed by atoms with van der Waals surface area (Å²) >= 11 is 0. The van der Waals surface area contributed by atoms with Gasteiger partial charge in [0, 0.05) is 24.2 Å². The van der Waals surface area contributed by atoms with Gasteiger partial charge in [-0.05, 0) is 37.3 Å². The summed E-state index contributed by atoms with van der Waals surface area (Å²) in [6.45, 7) is 0. The smallest absolute Gasteiger partial charge is 0.231 e. The first-order chi connectivity index (χ1) is 11.2. The van der Waals surface area contributed by atoms with Crippen LogP contribution >= 0.6 is 0 Å². The zero-order valence-electron chi connectivity index (χ0n) is 13.5. The van der Waals surface area contributed by atoms with Crippen molar-refractivity contribution >= 4 is 17.5 Å². The molecule has 0 saturated heterocycles. The molecule has 4 nitrogen and oxygen atoms in total. The molecule has 3 aliphatic rings. The number of hydrogen-bond donors (Lipinski definition) is 1. The van der Waals surface area contributed by atoms with Crippen LogP contribution in [0.2, 0.25) is 0 Å². The van der Waals surface area contributed by atoms with E-state index in [1.54, 1.807) is 0 Å². The summed E-state index contributed by atoms with van der Waals surface area (Å²) in [6, 6.07) is 8.56. The fourth-order valence-electron chi connectivity index (χ4n) is 4.18. The molecule has 0 bridgehead atoms. The van der Waals surface area contributed by atoms with Crippen molar-refractivity contribution in [3.8, 4) is 0 Å². The molecule has 1 N–H and O–H groups in total. The lowest BCUT2D eigenvalue weighted by molar-refractivity contribution is -0.138. The molecule has 0 radical (unpaired) electrons. The molecule has 2 saturated carbocycles. The number of carbonyl (C=O) groups excluding carboxylic acids is 2. The molecular formula is C19H24N2O2. The number of para-hydroxylation sites is 1. The molecule has 122 valence electrons. The van der Waals surface area contributed by atoms with Crippen LogP contribution in [-0.2, 0) is 9.59 Å². The van der Waals surface area contributed by atoms with Crippen molar-refractivity contribution < 1.29 is 9.59 Å². The van der Waals surface area contributed by atoms with Gasteiger partial charge in [-0.2, -0.15) is 0 Å². The molecule has 1 aliphatic heterocycles. The van der Waals surface area contributed by atoms with E-state index in [2.05, 4.69) is 10.2 Å². The largest absolute Gasteiger partial charge is 0.336 e. The summed E-state index contributed by atoms with van der Waals surface area (Å²) in [5, 5.41) is 2.90. The van der Waals surface area contributed by atoms with Crippen LogP contribution in [0.25, 0.3) is 0 Å². The van der Waals surface area contributed by atoms with Crippen LogP contribution in [0.3, 0.4) is 0 Å². The maximum absolute atomic E-state index is 13.3. The minimum absolute atomic E-state index is 0.0403. The molecule has 1 heterocycles. The van der Waals surface area contributed by atoms with Crippen molar-refractivity contribution in [2.45, 2.75) is 69.4 Å². The first kappa shape index (κ1) is 14.7. The number of fused-ring (bicyclic) bond motifs is 1. The normalized spacial score (nSPS) is 24.7. The lowest BCUT2D eigenvalue weighted by Gasteiger charge is -2.38. The lowest BCUT2D eigenvalue weighted by Crippen LogP contribution is -2.46. The molecule has 4 heteroatoms. The second-order valence-corrected chi connectivity index (χ2v) is 7.16. The fraction of sp³-hybridized carbons (Fsp3) is 0.579. The third-order valence-electron chi connectivity index (χ3n) is 5.46. The highest BCUT2D eigenvalue weighted by Gasteiger charge is 2.42. The predicted octanol–water partition coefficient (Wildman–Crippen LogP) is 3.44. The highest BCUT2D eigenvalue weighted by Crippen LogP contribution is 2.39. The predicted molar refractivity (Wildman–Crippen MR) is 89.2 cm³/mol. The van der Waals surface area contributed by atoms with Gasteiger partial charge in [-0.1, -0.05) is 37.5 Å². The highest BCUT2D eigenvalue weighted by atomic mass is 16.2. The van der Waals surface area contributed by atoms with Crippen LogP contribution in [0.15, 0.2) is 24.3 Å². The first-order valence-electron chi connectivity index (χ1n) is 8.95. The zero-order valence-corrected chi connectivity index (χ0v) is 13.5. The lowest BCUT2D eigenvalue weighted by atomic mass is 9.87. The Morgan fingerprint density at radius 3 is 2.43 bits per heavy atom. The monoisotopic (exact) mass is 312 g/mol. The Morgan fingerprint density at radius 1 is 1.00 bits per heavy atom. The van der Waals surface area contributed by atoms with Gasteiger partial charge in [0.2, 0.25) is 11.8 Å². The third-order valence-corrected chi connectivity index (χ3v) is 5.46. The molecule has 1 atom stereocenters. The van der Waals surface area contributed by atoms with Crippen molar-refractivity contribution in [1.82, 2.24) is 4.90 Å². The van der Waals surface area contributed by atoms with Crippen molar-refractivity contribution in [2.75, 3.05) is 5.32 Å². The molecule has 2 aliphatic carbocycles. The number of amides is 2. The number of carbonyl (C=O) groups is 2. The van der Waals surface area contributed by atoms with E-state index < -0.39 is 0 Å². The minimum Gasteiger partial charge on any atom is -0.336 e. The van der Waals surface area contributed by atoms with Gasteiger partial charge < -0.3 is 10.2 Å². The van der Waals surface area contributed by atoms with Gasteiger partial charge in [0.1, 0.15) is 0 Å². The number of nitrogens with one attached hydrogen (secondary N) is 1. The van der Waals surface area contributed by atoms with Crippen LogP contribution in [0, 0.1) is 0 Å². The molecule has 2 fully saturated rings. The standard InChI is InChI=1S/C19H24N2O2/c22-18-12-16(15-8-4-5-9-17(15)20-18)19(23)21(14-10-11-14)13-6-2-1-3-7-13/h4-5,8-9,13-14,16H,1-3,6-7,10-12H2,(H,20,22). The number of hydrogen-bond acceptors (Lipinski definition) is 2. The highest BCUT2D eigenvalue weighted by molar-refractivity contribution is 6.01. The van der Waals surface area contributed by atoms with E-state index in [9.17, 15) is 9.59 Å². The molecular weight excluding hydrogens is 288 g/mol.